The van der Waals surface area contributed by atoms with Gasteiger partial charge >= 0.3 is 11.9 Å². The number of allylic oxidation sites excluding steroid dienone is 1. The molecule has 1 saturated carbocycles. The van der Waals surface area contributed by atoms with Gasteiger partial charge in [-0.2, -0.15) is 0 Å². The smallest absolute Gasteiger partial charge is 0.329 e. The van der Waals surface area contributed by atoms with E-state index in [1.165, 1.54) is 4.90 Å². The minimum Gasteiger partial charge on any atom is -0.497 e. The number of aromatic nitrogens is 2. The van der Waals surface area contributed by atoms with Gasteiger partial charge in [0.2, 0.25) is 11.8 Å². The Morgan fingerprint density at radius 3 is 2.41 bits per heavy atom. The average molecular weight is 678 g/mol. The van der Waals surface area contributed by atoms with Gasteiger partial charge < -0.3 is 23.8 Å². The van der Waals surface area contributed by atoms with Crippen LogP contribution in [0.3, 0.4) is 0 Å². The number of likely N-dealkylation sites (tertiary alicyclic amines) is 1. The molecular formula is C39H55N3O7. The maximum atomic E-state index is 14.6. The number of methoxy groups -OCH3 is 1. The van der Waals surface area contributed by atoms with Crippen LogP contribution in [-0.2, 0) is 23.9 Å². The average Bonchev–Trinajstić information content (AvgIpc) is 3.61. The van der Waals surface area contributed by atoms with Crippen LogP contribution >= 0.6 is 0 Å². The zero-order chi connectivity index (χ0) is 36.3. The van der Waals surface area contributed by atoms with Crippen molar-refractivity contribution in [2.24, 2.45) is 23.2 Å². The standard InChI is InChI=1S/C39H55N3O7/c1-12-15-16-17-25-22-39(25,14-3)48-32(43)21-27(37(5,6)7)35(44)42-23-31(24(4)33(42)36(45)49-38(8,9)10)47-34-28(13-2)40-29-19-18-26(46-11)20-30(29)41-34/h12-13,18-20,24-25,27,31,33H,1-2,14-17,21-23H2,3-11H3/t24-,25?,27-,31+,33+,39?/m1/s1. The topological polar surface area (TPSA) is 117 Å². The highest BCUT2D eigenvalue weighted by Crippen LogP contribution is 2.52. The summed E-state index contributed by atoms with van der Waals surface area (Å²) in [5, 5.41) is 0. The van der Waals surface area contributed by atoms with E-state index in [0.29, 0.717) is 28.4 Å². The summed E-state index contributed by atoms with van der Waals surface area (Å²) in [6, 6.07) is 4.43. The molecule has 2 unspecified atom stereocenters. The van der Waals surface area contributed by atoms with Gasteiger partial charge in [0.25, 0.3) is 0 Å². The highest BCUT2D eigenvalue weighted by atomic mass is 16.6. The van der Waals surface area contributed by atoms with E-state index in [-0.39, 0.29) is 24.8 Å². The van der Waals surface area contributed by atoms with Crippen LogP contribution in [0, 0.1) is 23.2 Å². The number of fused-ring (bicyclic) bond motifs is 1. The van der Waals surface area contributed by atoms with Crippen molar-refractivity contribution in [2.75, 3.05) is 13.7 Å². The van der Waals surface area contributed by atoms with Crippen LogP contribution in [0.4, 0.5) is 0 Å². The molecule has 2 heterocycles. The summed E-state index contributed by atoms with van der Waals surface area (Å²) >= 11 is 0. The number of amides is 1. The number of unbranched alkanes of at least 4 members (excludes halogenated alkanes) is 1. The van der Waals surface area contributed by atoms with Crippen LogP contribution in [0.2, 0.25) is 0 Å². The van der Waals surface area contributed by atoms with E-state index in [1.54, 1.807) is 52.2 Å². The predicted molar refractivity (Wildman–Crippen MR) is 190 cm³/mol. The van der Waals surface area contributed by atoms with Crippen molar-refractivity contribution >= 4 is 35.0 Å². The summed E-state index contributed by atoms with van der Waals surface area (Å²) in [6.07, 6.45) is 7.22. The molecule has 1 aliphatic heterocycles. The minimum absolute atomic E-state index is 0.0875. The molecule has 0 bridgehead atoms. The van der Waals surface area contributed by atoms with Gasteiger partial charge in [-0.05, 0) is 76.5 Å². The highest BCUT2D eigenvalue weighted by Gasteiger charge is 2.56. The Hall–Kier alpha value is -3.95. The van der Waals surface area contributed by atoms with Gasteiger partial charge in [0.15, 0.2) is 0 Å². The normalized spacial score (nSPS) is 24.2. The molecule has 1 aromatic carbocycles. The molecule has 1 aliphatic carbocycles. The van der Waals surface area contributed by atoms with E-state index in [1.807, 2.05) is 40.7 Å². The zero-order valence-corrected chi connectivity index (χ0v) is 30.8. The lowest BCUT2D eigenvalue weighted by Crippen LogP contribution is -2.50. The van der Waals surface area contributed by atoms with Gasteiger partial charge in [-0.15, -0.1) is 6.58 Å². The molecule has 1 saturated heterocycles. The third kappa shape index (κ3) is 8.81. The number of nitrogens with zero attached hydrogens (tertiary/aromatic N) is 3. The second kappa shape index (κ2) is 14.9. The van der Waals surface area contributed by atoms with Crippen LogP contribution in [0.1, 0.15) is 99.6 Å². The van der Waals surface area contributed by atoms with Gasteiger partial charge in [-0.25, -0.2) is 14.8 Å². The Morgan fingerprint density at radius 2 is 1.82 bits per heavy atom. The third-order valence-corrected chi connectivity index (χ3v) is 9.82. The first-order valence-corrected chi connectivity index (χ1v) is 17.5. The Kier molecular flexibility index (Phi) is 11.5. The lowest BCUT2D eigenvalue weighted by Gasteiger charge is -2.35. The fraction of sp³-hybridized carbons (Fsp3) is 0.615. The lowest BCUT2D eigenvalue weighted by molar-refractivity contribution is -0.167. The molecular weight excluding hydrogens is 622 g/mol. The second-order valence-corrected chi connectivity index (χ2v) is 15.6. The summed E-state index contributed by atoms with van der Waals surface area (Å²) in [4.78, 5) is 52.9. The summed E-state index contributed by atoms with van der Waals surface area (Å²) < 4.78 is 23.8. The Balaban J connectivity index is 1.61. The number of hydrogen-bond acceptors (Lipinski definition) is 9. The maximum Gasteiger partial charge on any atom is 0.329 e. The number of hydrogen-bond donors (Lipinski definition) is 0. The maximum absolute atomic E-state index is 14.6. The molecule has 0 N–H and O–H groups in total. The van der Waals surface area contributed by atoms with Crippen molar-refractivity contribution in [1.29, 1.82) is 0 Å². The van der Waals surface area contributed by atoms with E-state index >= 15 is 0 Å². The van der Waals surface area contributed by atoms with Crippen LogP contribution in [0.5, 0.6) is 11.6 Å². The number of rotatable bonds is 14. The minimum atomic E-state index is -0.946. The molecule has 10 nitrogen and oxygen atoms in total. The van der Waals surface area contributed by atoms with Gasteiger partial charge in [0.05, 0.1) is 37.0 Å². The molecule has 0 radical (unpaired) electrons. The first-order chi connectivity index (χ1) is 23.0. The van der Waals surface area contributed by atoms with Crippen molar-refractivity contribution in [3.63, 3.8) is 0 Å². The van der Waals surface area contributed by atoms with E-state index in [2.05, 4.69) is 18.1 Å². The van der Waals surface area contributed by atoms with E-state index in [4.69, 9.17) is 23.9 Å². The van der Waals surface area contributed by atoms with Gasteiger partial charge in [-0.3, -0.25) is 9.59 Å². The fourth-order valence-corrected chi connectivity index (χ4v) is 6.82. The quantitative estimate of drug-likeness (QED) is 0.115. The first kappa shape index (κ1) is 37.9. The van der Waals surface area contributed by atoms with Crippen molar-refractivity contribution in [1.82, 2.24) is 14.9 Å². The number of esters is 2. The first-order valence-electron chi connectivity index (χ1n) is 17.5. The molecule has 0 spiro atoms. The van der Waals surface area contributed by atoms with Gasteiger partial charge in [-0.1, -0.05) is 47.3 Å². The summed E-state index contributed by atoms with van der Waals surface area (Å²) in [6.45, 7) is 22.9. The SMILES string of the molecule is C=CCCCC1CC1(CC)OC(=O)C[C@H](C(=O)N1C[C@H](Oc2nc3cc(OC)ccc3nc2C=C)[C@@H](C)[C@H]1C(=O)OC(C)(C)C)C(C)(C)C. The molecule has 1 aromatic heterocycles. The largest absolute Gasteiger partial charge is 0.497 e. The molecule has 2 aliphatic rings. The third-order valence-electron chi connectivity index (χ3n) is 9.82. The fourth-order valence-electron chi connectivity index (χ4n) is 6.82. The summed E-state index contributed by atoms with van der Waals surface area (Å²) in [5.74, 6) is -1.29. The van der Waals surface area contributed by atoms with E-state index in [0.717, 1.165) is 32.1 Å². The number of ether oxygens (including phenoxy) is 4. The lowest BCUT2D eigenvalue weighted by atomic mass is 9.77. The van der Waals surface area contributed by atoms with Crippen molar-refractivity contribution in [3.8, 4) is 11.6 Å². The van der Waals surface area contributed by atoms with Crippen molar-refractivity contribution in [3.05, 3.63) is 43.1 Å². The Bertz CT molecular complexity index is 1560. The van der Waals surface area contributed by atoms with E-state index in [9.17, 15) is 14.4 Å². The van der Waals surface area contributed by atoms with Crippen LogP contribution in [0.25, 0.3) is 17.1 Å². The highest BCUT2D eigenvalue weighted by molar-refractivity contribution is 5.90. The Labute approximate surface area is 291 Å². The number of carbonyl (C=O) groups excluding carboxylic acids is 3. The number of benzene rings is 1. The second-order valence-electron chi connectivity index (χ2n) is 15.6. The molecule has 1 amide bonds. The summed E-state index contributed by atoms with van der Waals surface area (Å²) in [5.41, 5.74) is -0.217. The van der Waals surface area contributed by atoms with Crippen molar-refractivity contribution in [2.45, 2.75) is 117 Å². The van der Waals surface area contributed by atoms with Crippen molar-refractivity contribution < 1.29 is 33.3 Å². The molecule has 6 atom stereocenters. The van der Waals surface area contributed by atoms with Crippen LogP contribution < -0.4 is 9.47 Å². The van der Waals surface area contributed by atoms with Gasteiger partial charge in [0.1, 0.15) is 34.8 Å². The molecule has 2 aromatic rings. The number of carbonyl (C=O) groups is 3. The van der Waals surface area contributed by atoms with E-state index < -0.39 is 52.5 Å². The molecule has 4 rings (SSSR count). The molecule has 49 heavy (non-hydrogen) atoms. The monoisotopic (exact) mass is 677 g/mol. The summed E-state index contributed by atoms with van der Waals surface area (Å²) in [7, 11) is 1.58. The van der Waals surface area contributed by atoms with Gasteiger partial charge in [0, 0.05) is 17.9 Å². The molecule has 2 fully saturated rings. The van der Waals surface area contributed by atoms with Crippen LogP contribution in [-0.4, -0.2) is 69.7 Å². The molecule has 10 heteroatoms. The zero-order valence-electron chi connectivity index (χ0n) is 30.8. The molecule has 268 valence electrons. The Morgan fingerprint density at radius 1 is 1.10 bits per heavy atom. The van der Waals surface area contributed by atoms with Crippen LogP contribution in [0.15, 0.2) is 37.4 Å². The predicted octanol–water partition coefficient (Wildman–Crippen LogP) is 7.34.